The Hall–Kier alpha value is -1.88. The van der Waals surface area contributed by atoms with Gasteiger partial charge in [0.2, 0.25) is 5.91 Å². The molecule has 90 valence electrons. The standard InChI is InChI=1S/C12H14N2O3/c1-17-10-4-2-8(3-5-10)12-9(7-15)6-11(16)13-14-12/h2-5,9,15H,6-7H2,1H3,(H,13,16). The molecule has 1 unspecified atom stereocenters. The normalized spacial score (nSPS) is 19.5. The number of aliphatic hydroxyl groups is 1. The predicted octanol–water partition coefficient (Wildman–Crippen LogP) is 0.528. The molecular formula is C12H14N2O3. The highest BCUT2D eigenvalue weighted by molar-refractivity contribution is 6.06. The van der Waals surface area contributed by atoms with Crippen LogP contribution in [-0.4, -0.2) is 30.4 Å². The summed E-state index contributed by atoms with van der Waals surface area (Å²) in [6, 6.07) is 7.36. The Morgan fingerprint density at radius 1 is 1.47 bits per heavy atom. The van der Waals surface area contributed by atoms with Gasteiger partial charge in [0.25, 0.3) is 0 Å². The molecule has 0 bridgehead atoms. The van der Waals surface area contributed by atoms with Gasteiger partial charge in [-0.3, -0.25) is 4.79 Å². The van der Waals surface area contributed by atoms with Crippen molar-refractivity contribution in [3.05, 3.63) is 29.8 Å². The zero-order valence-electron chi connectivity index (χ0n) is 9.51. The first kappa shape index (κ1) is 11.6. The third kappa shape index (κ3) is 2.45. The number of ether oxygens (including phenoxy) is 1. The van der Waals surface area contributed by atoms with Gasteiger partial charge in [-0.1, -0.05) is 0 Å². The van der Waals surface area contributed by atoms with Crippen molar-refractivity contribution in [3.8, 4) is 5.75 Å². The number of hydrazone groups is 1. The molecule has 0 radical (unpaired) electrons. The highest BCUT2D eigenvalue weighted by atomic mass is 16.5. The summed E-state index contributed by atoms with van der Waals surface area (Å²) in [5, 5.41) is 13.3. The molecule has 17 heavy (non-hydrogen) atoms. The Morgan fingerprint density at radius 2 is 2.18 bits per heavy atom. The molecule has 2 rings (SSSR count). The second-order valence-electron chi connectivity index (χ2n) is 3.84. The van der Waals surface area contributed by atoms with Gasteiger partial charge < -0.3 is 9.84 Å². The first-order valence-corrected chi connectivity index (χ1v) is 5.36. The van der Waals surface area contributed by atoms with Crippen molar-refractivity contribution in [2.24, 2.45) is 11.0 Å². The number of nitrogens with zero attached hydrogens (tertiary/aromatic N) is 1. The van der Waals surface area contributed by atoms with E-state index in [1.54, 1.807) is 7.11 Å². The van der Waals surface area contributed by atoms with Crippen LogP contribution in [0.4, 0.5) is 0 Å². The second-order valence-corrected chi connectivity index (χ2v) is 3.84. The van der Waals surface area contributed by atoms with E-state index in [2.05, 4.69) is 10.5 Å². The fraction of sp³-hybridized carbons (Fsp3) is 0.333. The summed E-state index contributed by atoms with van der Waals surface area (Å²) in [5.74, 6) is 0.355. The van der Waals surface area contributed by atoms with Crippen molar-refractivity contribution >= 4 is 11.6 Å². The number of carbonyl (C=O) groups is 1. The van der Waals surface area contributed by atoms with Gasteiger partial charge in [-0.25, -0.2) is 5.43 Å². The molecular weight excluding hydrogens is 220 g/mol. The number of aliphatic hydroxyl groups excluding tert-OH is 1. The molecule has 1 aromatic rings. The van der Waals surface area contributed by atoms with Crippen LogP contribution in [0.5, 0.6) is 5.75 Å². The van der Waals surface area contributed by atoms with Gasteiger partial charge in [-0.05, 0) is 29.8 Å². The molecule has 1 aliphatic heterocycles. The van der Waals surface area contributed by atoms with Crippen molar-refractivity contribution in [1.82, 2.24) is 5.43 Å². The van der Waals surface area contributed by atoms with Crippen molar-refractivity contribution in [2.45, 2.75) is 6.42 Å². The van der Waals surface area contributed by atoms with Crippen LogP contribution in [0.15, 0.2) is 29.4 Å². The molecule has 0 fully saturated rings. The fourth-order valence-electron chi connectivity index (χ4n) is 1.79. The summed E-state index contributed by atoms with van der Waals surface area (Å²) >= 11 is 0. The van der Waals surface area contributed by atoms with E-state index in [9.17, 15) is 9.90 Å². The van der Waals surface area contributed by atoms with E-state index in [1.165, 1.54) is 0 Å². The van der Waals surface area contributed by atoms with Gasteiger partial charge in [0.05, 0.1) is 19.4 Å². The monoisotopic (exact) mass is 234 g/mol. The minimum atomic E-state index is -0.239. The molecule has 1 aromatic carbocycles. The summed E-state index contributed by atoms with van der Waals surface area (Å²) < 4.78 is 5.07. The molecule has 5 nitrogen and oxygen atoms in total. The number of methoxy groups -OCH3 is 1. The number of hydrogen-bond acceptors (Lipinski definition) is 4. The first-order valence-electron chi connectivity index (χ1n) is 5.36. The second kappa shape index (κ2) is 4.97. The largest absolute Gasteiger partial charge is 0.497 e. The number of carbonyl (C=O) groups excluding carboxylic acids is 1. The fourth-order valence-corrected chi connectivity index (χ4v) is 1.79. The molecule has 5 heteroatoms. The van der Waals surface area contributed by atoms with Crippen LogP contribution < -0.4 is 10.2 Å². The first-order chi connectivity index (χ1) is 8.24. The maximum absolute atomic E-state index is 11.2. The SMILES string of the molecule is COc1ccc(C2=NNC(=O)CC2CO)cc1. The molecule has 1 atom stereocenters. The van der Waals surface area contributed by atoms with Crippen molar-refractivity contribution in [3.63, 3.8) is 0 Å². The number of benzene rings is 1. The van der Waals surface area contributed by atoms with E-state index < -0.39 is 0 Å². The number of nitrogens with one attached hydrogen (secondary N) is 1. The summed E-state index contributed by atoms with van der Waals surface area (Å²) in [7, 11) is 1.60. The maximum atomic E-state index is 11.2. The minimum absolute atomic E-state index is 0.0850. The molecule has 0 saturated heterocycles. The van der Waals surface area contributed by atoms with E-state index >= 15 is 0 Å². The summed E-state index contributed by atoms with van der Waals surface area (Å²) in [6.45, 7) is -0.0850. The Bertz CT molecular complexity index is 440. The van der Waals surface area contributed by atoms with Gasteiger partial charge in [-0.2, -0.15) is 5.10 Å². The van der Waals surface area contributed by atoms with Gasteiger partial charge in [0.1, 0.15) is 5.75 Å². The van der Waals surface area contributed by atoms with Crippen molar-refractivity contribution < 1.29 is 14.6 Å². The van der Waals surface area contributed by atoms with Crippen LogP contribution in [0.1, 0.15) is 12.0 Å². The lowest BCUT2D eigenvalue weighted by atomic mass is 9.93. The van der Waals surface area contributed by atoms with E-state index in [0.717, 1.165) is 11.3 Å². The van der Waals surface area contributed by atoms with Crippen LogP contribution in [0.3, 0.4) is 0 Å². The molecule has 0 aliphatic carbocycles. The van der Waals surface area contributed by atoms with Crippen molar-refractivity contribution in [1.29, 1.82) is 0 Å². The van der Waals surface area contributed by atoms with E-state index in [-0.39, 0.29) is 24.9 Å². The summed E-state index contributed by atoms with van der Waals surface area (Å²) in [5.41, 5.74) is 4.01. The summed E-state index contributed by atoms with van der Waals surface area (Å²) in [6.07, 6.45) is 0.265. The quantitative estimate of drug-likeness (QED) is 0.801. The van der Waals surface area contributed by atoms with Crippen LogP contribution in [0, 0.1) is 5.92 Å². The predicted molar refractivity (Wildman–Crippen MR) is 62.9 cm³/mol. The average Bonchev–Trinajstić information content (AvgIpc) is 2.39. The molecule has 1 amide bonds. The van der Waals surface area contributed by atoms with E-state index in [0.29, 0.717) is 5.71 Å². The third-order valence-corrected chi connectivity index (χ3v) is 2.73. The zero-order chi connectivity index (χ0) is 12.3. The van der Waals surface area contributed by atoms with Gasteiger partial charge in [0.15, 0.2) is 0 Å². The Kier molecular flexibility index (Phi) is 3.39. The van der Waals surface area contributed by atoms with Gasteiger partial charge in [-0.15, -0.1) is 0 Å². The number of rotatable bonds is 3. The van der Waals surface area contributed by atoms with Crippen molar-refractivity contribution in [2.75, 3.05) is 13.7 Å². The van der Waals surface area contributed by atoms with Crippen LogP contribution in [-0.2, 0) is 4.79 Å². The molecule has 2 N–H and O–H groups in total. The van der Waals surface area contributed by atoms with Crippen LogP contribution in [0.2, 0.25) is 0 Å². The molecule has 1 heterocycles. The lowest BCUT2D eigenvalue weighted by molar-refractivity contribution is -0.122. The lowest BCUT2D eigenvalue weighted by Gasteiger charge is -2.20. The average molecular weight is 234 g/mol. The third-order valence-electron chi connectivity index (χ3n) is 2.73. The zero-order valence-corrected chi connectivity index (χ0v) is 9.51. The molecule has 1 aliphatic rings. The molecule has 0 saturated carbocycles. The highest BCUT2D eigenvalue weighted by Crippen LogP contribution is 2.19. The number of hydrogen-bond donors (Lipinski definition) is 2. The summed E-state index contributed by atoms with van der Waals surface area (Å²) in [4.78, 5) is 11.2. The van der Waals surface area contributed by atoms with Crippen LogP contribution >= 0.6 is 0 Å². The Labute approximate surface area is 99.1 Å². The van der Waals surface area contributed by atoms with E-state index in [1.807, 2.05) is 24.3 Å². The Morgan fingerprint density at radius 3 is 2.76 bits per heavy atom. The van der Waals surface area contributed by atoms with Gasteiger partial charge >= 0.3 is 0 Å². The molecule has 0 aromatic heterocycles. The van der Waals surface area contributed by atoms with E-state index in [4.69, 9.17) is 4.74 Å². The van der Waals surface area contributed by atoms with Gasteiger partial charge in [0, 0.05) is 12.3 Å². The Balaban J connectivity index is 2.27. The smallest absolute Gasteiger partial charge is 0.240 e. The van der Waals surface area contributed by atoms with Crippen LogP contribution in [0.25, 0.3) is 0 Å². The highest BCUT2D eigenvalue weighted by Gasteiger charge is 2.24. The minimum Gasteiger partial charge on any atom is -0.497 e. The number of amides is 1. The lowest BCUT2D eigenvalue weighted by Crippen LogP contribution is -2.35. The maximum Gasteiger partial charge on any atom is 0.240 e. The molecule has 0 spiro atoms. The topological polar surface area (TPSA) is 70.9 Å².